The second kappa shape index (κ2) is 11.5. The lowest BCUT2D eigenvalue weighted by atomic mass is 9.98. The minimum atomic E-state index is 0. The number of hydrogen-bond acceptors (Lipinski definition) is 3. The van der Waals surface area contributed by atoms with Gasteiger partial charge >= 0.3 is 0 Å². The summed E-state index contributed by atoms with van der Waals surface area (Å²) in [5.41, 5.74) is 0.173. The third kappa shape index (κ3) is 8.54. The van der Waals surface area contributed by atoms with Gasteiger partial charge in [0, 0.05) is 38.3 Å². The average Bonchev–Trinajstić information content (AvgIpc) is 2.51. The Morgan fingerprint density at radius 2 is 1.78 bits per heavy atom. The molecule has 0 aromatic heterocycles. The topological polar surface area (TPSA) is 42.9 Å². The zero-order chi connectivity index (χ0) is 16.6. The lowest BCUT2D eigenvalue weighted by Crippen LogP contribution is -2.55. The molecule has 0 spiro atoms. The molecule has 0 aromatic rings. The van der Waals surface area contributed by atoms with E-state index in [1.54, 1.807) is 0 Å². The Morgan fingerprint density at radius 1 is 1.17 bits per heavy atom. The Hall–Kier alpha value is -0.0800. The van der Waals surface area contributed by atoms with E-state index in [0.29, 0.717) is 6.04 Å². The number of aliphatic imine (C=N–C) groups is 1. The molecule has 0 aromatic carbocycles. The van der Waals surface area contributed by atoms with Crippen LogP contribution in [-0.2, 0) is 0 Å². The molecule has 1 heterocycles. The molecule has 0 unspecified atom stereocenters. The minimum absolute atomic E-state index is 0. The molecule has 0 radical (unpaired) electrons. The first-order chi connectivity index (χ1) is 10.4. The van der Waals surface area contributed by atoms with Gasteiger partial charge in [-0.25, -0.2) is 0 Å². The number of nitrogens with zero attached hydrogens (tertiary/aromatic N) is 3. The maximum atomic E-state index is 4.34. The van der Waals surface area contributed by atoms with Crippen LogP contribution in [0.15, 0.2) is 4.99 Å². The fraction of sp³-hybridized carbons (Fsp3) is 0.941. The van der Waals surface area contributed by atoms with Gasteiger partial charge in [0.2, 0.25) is 0 Å². The first-order valence-corrected chi connectivity index (χ1v) is 8.76. The smallest absolute Gasteiger partial charge is 0.191 e. The van der Waals surface area contributed by atoms with Crippen LogP contribution in [-0.4, -0.2) is 74.2 Å². The van der Waals surface area contributed by atoms with Gasteiger partial charge in [-0.1, -0.05) is 6.42 Å². The number of rotatable bonds is 7. The van der Waals surface area contributed by atoms with Gasteiger partial charge in [0.25, 0.3) is 0 Å². The van der Waals surface area contributed by atoms with Crippen LogP contribution in [0.25, 0.3) is 0 Å². The number of guanidine groups is 1. The predicted octanol–water partition coefficient (Wildman–Crippen LogP) is 2.37. The van der Waals surface area contributed by atoms with Crippen LogP contribution in [0, 0.1) is 0 Å². The molecule has 1 rings (SSSR count). The van der Waals surface area contributed by atoms with Crippen molar-refractivity contribution in [2.75, 3.05) is 46.8 Å². The summed E-state index contributed by atoms with van der Waals surface area (Å²) in [4.78, 5) is 9.27. The van der Waals surface area contributed by atoms with Crippen LogP contribution < -0.4 is 10.6 Å². The van der Waals surface area contributed by atoms with Crippen molar-refractivity contribution in [2.24, 2.45) is 4.99 Å². The quantitative estimate of drug-likeness (QED) is 0.363. The van der Waals surface area contributed by atoms with Crippen molar-refractivity contribution in [3.8, 4) is 0 Å². The number of likely N-dealkylation sites (tertiary alicyclic amines) is 1. The number of hydrogen-bond donors (Lipinski definition) is 2. The maximum absolute atomic E-state index is 4.34. The molecule has 1 aliphatic heterocycles. The van der Waals surface area contributed by atoms with Gasteiger partial charge in [-0.3, -0.25) is 9.89 Å². The van der Waals surface area contributed by atoms with Crippen molar-refractivity contribution in [1.82, 2.24) is 20.4 Å². The van der Waals surface area contributed by atoms with Gasteiger partial charge in [0.15, 0.2) is 5.96 Å². The van der Waals surface area contributed by atoms with Crippen LogP contribution in [0.5, 0.6) is 0 Å². The third-order valence-electron chi connectivity index (χ3n) is 4.76. The van der Waals surface area contributed by atoms with Gasteiger partial charge < -0.3 is 15.5 Å². The van der Waals surface area contributed by atoms with Gasteiger partial charge in [-0.05, 0) is 60.7 Å². The van der Waals surface area contributed by atoms with Gasteiger partial charge in [-0.15, -0.1) is 24.0 Å². The van der Waals surface area contributed by atoms with Crippen LogP contribution in [0.1, 0.15) is 47.0 Å². The molecule has 0 atom stereocenters. The van der Waals surface area contributed by atoms with Crippen molar-refractivity contribution in [2.45, 2.75) is 58.5 Å². The summed E-state index contributed by atoms with van der Waals surface area (Å²) < 4.78 is 0. The zero-order valence-corrected chi connectivity index (χ0v) is 18.3. The number of likely N-dealkylation sites (N-methyl/N-ethyl adjacent to an activating group) is 1. The molecule has 1 saturated heterocycles. The van der Waals surface area contributed by atoms with Crippen molar-refractivity contribution in [3.05, 3.63) is 0 Å². The van der Waals surface area contributed by atoms with Gasteiger partial charge in [-0.2, -0.15) is 0 Å². The van der Waals surface area contributed by atoms with Crippen LogP contribution >= 0.6 is 24.0 Å². The summed E-state index contributed by atoms with van der Waals surface area (Å²) in [7, 11) is 4.00. The highest BCUT2D eigenvalue weighted by molar-refractivity contribution is 14.0. The second-order valence-corrected chi connectivity index (χ2v) is 7.29. The standard InChI is InChI=1S/C17H37N5.HI/c1-15(2)21(6)13-10-19-16(18-5)20-14-17(3,4)22-11-8-7-9-12-22;/h15H,7-14H2,1-6H3,(H2,18,19,20);1H. The minimum Gasteiger partial charge on any atom is -0.355 e. The Morgan fingerprint density at radius 3 is 2.30 bits per heavy atom. The summed E-state index contributed by atoms with van der Waals surface area (Å²) in [6.07, 6.45) is 4.04. The molecule has 23 heavy (non-hydrogen) atoms. The molecular formula is C17H38IN5. The van der Waals surface area contributed by atoms with Gasteiger partial charge in [0.1, 0.15) is 0 Å². The van der Waals surface area contributed by atoms with Crippen LogP contribution in [0.2, 0.25) is 0 Å². The molecular weight excluding hydrogens is 401 g/mol. The molecule has 0 amide bonds. The zero-order valence-electron chi connectivity index (χ0n) is 16.0. The van der Waals surface area contributed by atoms with E-state index >= 15 is 0 Å². The summed E-state index contributed by atoms with van der Waals surface area (Å²) in [6.45, 7) is 14.4. The van der Waals surface area contributed by atoms with E-state index in [1.807, 2.05) is 7.05 Å². The Balaban J connectivity index is 0.00000484. The van der Waals surface area contributed by atoms with Crippen molar-refractivity contribution in [1.29, 1.82) is 0 Å². The van der Waals surface area contributed by atoms with E-state index in [4.69, 9.17) is 0 Å². The first-order valence-electron chi connectivity index (χ1n) is 8.76. The number of nitrogens with one attached hydrogen (secondary N) is 2. The lowest BCUT2D eigenvalue weighted by Gasteiger charge is -2.41. The highest BCUT2D eigenvalue weighted by atomic mass is 127. The van der Waals surface area contributed by atoms with Crippen molar-refractivity contribution < 1.29 is 0 Å². The monoisotopic (exact) mass is 439 g/mol. The van der Waals surface area contributed by atoms with E-state index in [-0.39, 0.29) is 29.5 Å². The molecule has 6 heteroatoms. The summed E-state index contributed by atoms with van der Waals surface area (Å²) in [5.74, 6) is 0.905. The average molecular weight is 439 g/mol. The predicted molar refractivity (Wildman–Crippen MR) is 112 cm³/mol. The van der Waals surface area contributed by atoms with Crippen molar-refractivity contribution >= 4 is 29.9 Å². The van der Waals surface area contributed by atoms with E-state index in [0.717, 1.165) is 25.6 Å². The molecule has 1 aliphatic rings. The fourth-order valence-electron chi connectivity index (χ4n) is 2.74. The largest absolute Gasteiger partial charge is 0.355 e. The lowest BCUT2D eigenvalue weighted by molar-refractivity contribution is 0.0982. The second-order valence-electron chi connectivity index (χ2n) is 7.29. The first kappa shape index (κ1) is 22.9. The normalized spacial score (nSPS) is 17.3. The van der Waals surface area contributed by atoms with E-state index in [2.05, 4.69) is 60.2 Å². The Kier molecular flexibility index (Phi) is 11.4. The fourth-order valence-corrected chi connectivity index (χ4v) is 2.74. The molecule has 1 fully saturated rings. The molecule has 0 saturated carbocycles. The number of piperidine rings is 1. The summed E-state index contributed by atoms with van der Waals surface area (Å²) >= 11 is 0. The highest BCUT2D eigenvalue weighted by Gasteiger charge is 2.27. The van der Waals surface area contributed by atoms with Gasteiger partial charge in [0.05, 0.1) is 0 Å². The highest BCUT2D eigenvalue weighted by Crippen LogP contribution is 2.19. The van der Waals surface area contributed by atoms with Crippen LogP contribution in [0.4, 0.5) is 0 Å². The Labute approximate surface area is 160 Å². The molecule has 2 N–H and O–H groups in total. The Bertz CT molecular complexity index is 338. The SMILES string of the molecule is CN=C(NCCN(C)C(C)C)NCC(C)(C)N1CCCCC1.I. The molecule has 0 aliphatic carbocycles. The van der Waals surface area contributed by atoms with E-state index < -0.39 is 0 Å². The van der Waals surface area contributed by atoms with Crippen molar-refractivity contribution in [3.63, 3.8) is 0 Å². The van der Waals surface area contributed by atoms with E-state index in [1.165, 1.54) is 32.4 Å². The van der Waals surface area contributed by atoms with Crippen LogP contribution in [0.3, 0.4) is 0 Å². The molecule has 138 valence electrons. The summed E-state index contributed by atoms with van der Waals surface area (Å²) in [5, 5.41) is 6.90. The maximum Gasteiger partial charge on any atom is 0.191 e. The third-order valence-corrected chi connectivity index (χ3v) is 4.76. The molecule has 5 nitrogen and oxygen atoms in total. The number of halogens is 1. The summed E-state index contributed by atoms with van der Waals surface area (Å²) in [6, 6.07) is 0.579. The van der Waals surface area contributed by atoms with E-state index in [9.17, 15) is 0 Å². The molecule has 0 bridgehead atoms.